The summed E-state index contributed by atoms with van der Waals surface area (Å²) in [4.78, 5) is 0. The van der Waals surface area contributed by atoms with E-state index < -0.39 is 0 Å². The summed E-state index contributed by atoms with van der Waals surface area (Å²) >= 11 is 0. The maximum atomic E-state index is 5.57. The first kappa shape index (κ1) is 10.3. The van der Waals surface area contributed by atoms with Crippen LogP contribution >= 0.6 is 0 Å². The van der Waals surface area contributed by atoms with E-state index in [4.69, 9.17) is 4.74 Å². The van der Waals surface area contributed by atoms with Crippen LogP contribution in [0, 0.1) is 0 Å². The molecule has 3 nitrogen and oxygen atoms in total. The Labute approximate surface area is 90.8 Å². The van der Waals surface area contributed by atoms with E-state index in [9.17, 15) is 0 Å². The highest BCUT2D eigenvalue weighted by Gasteiger charge is 2.15. The molecule has 0 saturated carbocycles. The van der Waals surface area contributed by atoms with Crippen molar-refractivity contribution in [1.82, 2.24) is 5.32 Å². The summed E-state index contributed by atoms with van der Waals surface area (Å²) < 4.78 is 5.57. The van der Waals surface area contributed by atoms with Gasteiger partial charge in [0.05, 0.1) is 12.1 Å². The van der Waals surface area contributed by atoms with E-state index in [-0.39, 0.29) is 6.10 Å². The first-order chi connectivity index (χ1) is 7.24. The second-order valence-corrected chi connectivity index (χ2v) is 4.19. The van der Waals surface area contributed by atoms with Crippen molar-refractivity contribution < 1.29 is 4.74 Å². The fourth-order valence-corrected chi connectivity index (χ4v) is 1.53. The fourth-order valence-electron chi connectivity index (χ4n) is 1.53. The molecule has 1 aliphatic heterocycles. The molecule has 0 unspecified atom stereocenters. The van der Waals surface area contributed by atoms with E-state index in [1.165, 1.54) is 0 Å². The maximum absolute atomic E-state index is 5.57. The largest absolute Gasteiger partial charge is 0.491 e. The number of hydrogen-bond acceptors (Lipinski definition) is 3. The zero-order valence-corrected chi connectivity index (χ0v) is 9.29. The molecule has 82 valence electrons. The van der Waals surface area contributed by atoms with Crippen molar-refractivity contribution in [3.05, 3.63) is 24.3 Å². The van der Waals surface area contributed by atoms with Gasteiger partial charge in [-0.3, -0.25) is 0 Å². The standard InChI is InChI=1S/C12H18N2O/c1-9(2)15-12-5-3-10(4-6-12)14-11-7-13-8-11/h3-6,9,11,13-14H,7-8H2,1-2H3. The molecule has 2 rings (SSSR count). The van der Waals surface area contributed by atoms with Gasteiger partial charge in [-0.05, 0) is 38.1 Å². The summed E-state index contributed by atoms with van der Waals surface area (Å²) in [5, 5.41) is 6.67. The Hall–Kier alpha value is -1.22. The highest BCUT2D eigenvalue weighted by molar-refractivity contribution is 5.47. The molecular weight excluding hydrogens is 188 g/mol. The summed E-state index contributed by atoms with van der Waals surface area (Å²) in [7, 11) is 0. The number of benzene rings is 1. The van der Waals surface area contributed by atoms with Crippen LogP contribution in [0.4, 0.5) is 5.69 Å². The molecule has 0 spiro atoms. The molecule has 2 N–H and O–H groups in total. The van der Waals surface area contributed by atoms with Gasteiger partial charge in [0.15, 0.2) is 0 Å². The smallest absolute Gasteiger partial charge is 0.119 e. The Bertz CT molecular complexity index is 304. The van der Waals surface area contributed by atoms with Crippen LogP contribution < -0.4 is 15.4 Å². The average molecular weight is 206 g/mol. The highest BCUT2D eigenvalue weighted by atomic mass is 16.5. The van der Waals surface area contributed by atoms with Gasteiger partial charge in [0.1, 0.15) is 5.75 Å². The van der Waals surface area contributed by atoms with E-state index in [0.29, 0.717) is 6.04 Å². The van der Waals surface area contributed by atoms with Crippen molar-refractivity contribution in [2.75, 3.05) is 18.4 Å². The molecule has 1 aromatic rings. The van der Waals surface area contributed by atoms with Crippen LogP contribution in [0.2, 0.25) is 0 Å². The van der Waals surface area contributed by atoms with Gasteiger partial charge in [-0.2, -0.15) is 0 Å². The van der Waals surface area contributed by atoms with Crippen LogP contribution in [0.5, 0.6) is 5.75 Å². The molecular formula is C12H18N2O. The lowest BCUT2D eigenvalue weighted by Crippen LogP contribution is -2.51. The average Bonchev–Trinajstić information content (AvgIpc) is 2.13. The highest BCUT2D eigenvalue weighted by Crippen LogP contribution is 2.17. The van der Waals surface area contributed by atoms with E-state index in [1.807, 2.05) is 26.0 Å². The van der Waals surface area contributed by atoms with Crippen LogP contribution in [-0.2, 0) is 0 Å². The molecule has 0 atom stereocenters. The molecule has 1 heterocycles. The Kier molecular flexibility index (Phi) is 3.11. The Morgan fingerprint density at radius 2 is 1.93 bits per heavy atom. The summed E-state index contributed by atoms with van der Waals surface area (Å²) in [6.45, 7) is 6.19. The van der Waals surface area contributed by atoms with Gasteiger partial charge in [-0.1, -0.05) is 0 Å². The van der Waals surface area contributed by atoms with Crippen LogP contribution in [0.1, 0.15) is 13.8 Å². The van der Waals surface area contributed by atoms with Crippen molar-refractivity contribution >= 4 is 5.69 Å². The zero-order chi connectivity index (χ0) is 10.7. The molecule has 0 radical (unpaired) electrons. The fraction of sp³-hybridized carbons (Fsp3) is 0.500. The molecule has 0 bridgehead atoms. The molecule has 1 aromatic carbocycles. The molecule has 3 heteroatoms. The number of rotatable bonds is 4. The van der Waals surface area contributed by atoms with Gasteiger partial charge < -0.3 is 15.4 Å². The lowest BCUT2D eigenvalue weighted by molar-refractivity contribution is 0.242. The second-order valence-electron chi connectivity index (χ2n) is 4.19. The molecule has 0 aliphatic carbocycles. The third-order valence-electron chi connectivity index (χ3n) is 2.38. The van der Waals surface area contributed by atoms with E-state index in [1.54, 1.807) is 0 Å². The third-order valence-corrected chi connectivity index (χ3v) is 2.38. The predicted molar refractivity (Wildman–Crippen MR) is 62.5 cm³/mol. The molecule has 1 fully saturated rings. The minimum absolute atomic E-state index is 0.236. The topological polar surface area (TPSA) is 33.3 Å². The van der Waals surface area contributed by atoms with Crippen LogP contribution in [0.3, 0.4) is 0 Å². The zero-order valence-electron chi connectivity index (χ0n) is 9.29. The number of nitrogens with one attached hydrogen (secondary N) is 2. The summed E-state index contributed by atoms with van der Waals surface area (Å²) in [5.74, 6) is 0.933. The lowest BCUT2D eigenvalue weighted by atomic mass is 10.1. The molecule has 1 saturated heterocycles. The molecule has 1 aliphatic rings. The Morgan fingerprint density at radius 3 is 2.40 bits per heavy atom. The Morgan fingerprint density at radius 1 is 1.27 bits per heavy atom. The number of anilines is 1. The van der Waals surface area contributed by atoms with Crippen LogP contribution in [0.25, 0.3) is 0 Å². The number of hydrogen-bond donors (Lipinski definition) is 2. The minimum Gasteiger partial charge on any atom is -0.491 e. The summed E-state index contributed by atoms with van der Waals surface area (Å²) in [6, 6.07) is 8.73. The monoisotopic (exact) mass is 206 g/mol. The van der Waals surface area contributed by atoms with Crippen LogP contribution in [-0.4, -0.2) is 25.2 Å². The van der Waals surface area contributed by atoms with Crippen molar-refractivity contribution in [2.24, 2.45) is 0 Å². The number of ether oxygens (including phenoxy) is 1. The molecule has 0 amide bonds. The quantitative estimate of drug-likeness (QED) is 0.789. The minimum atomic E-state index is 0.236. The van der Waals surface area contributed by atoms with E-state index in [0.717, 1.165) is 24.5 Å². The summed E-state index contributed by atoms with van der Waals surface area (Å²) in [6.07, 6.45) is 0.236. The third kappa shape index (κ3) is 2.86. The SMILES string of the molecule is CC(C)Oc1ccc(NC2CNC2)cc1. The van der Waals surface area contributed by atoms with Crippen molar-refractivity contribution in [2.45, 2.75) is 26.0 Å². The first-order valence-corrected chi connectivity index (χ1v) is 5.48. The lowest BCUT2D eigenvalue weighted by Gasteiger charge is -2.29. The van der Waals surface area contributed by atoms with E-state index in [2.05, 4.69) is 22.8 Å². The van der Waals surface area contributed by atoms with Crippen molar-refractivity contribution in [1.29, 1.82) is 0 Å². The van der Waals surface area contributed by atoms with E-state index >= 15 is 0 Å². The van der Waals surface area contributed by atoms with Gasteiger partial charge >= 0.3 is 0 Å². The van der Waals surface area contributed by atoms with Gasteiger partial charge in [0.2, 0.25) is 0 Å². The first-order valence-electron chi connectivity index (χ1n) is 5.48. The van der Waals surface area contributed by atoms with Gasteiger partial charge in [-0.25, -0.2) is 0 Å². The van der Waals surface area contributed by atoms with Gasteiger partial charge in [-0.15, -0.1) is 0 Å². The predicted octanol–water partition coefficient (Wildman–Crippen LogP) is 1.86. The van der Waals surface area contributed by atoms with Gasteiger partial charge in [0.25, 0.3) is 0 Å². The van der Waals surface area contributed by atoms with Crippen LogP contribution in [0.15, 0.2) is 24.3 Å². The second kappa shape index (κ2) is 4.53. The summed E-state index contributed by atoms with van der Waals surface area (Å²) in [5.41, 5.74) is 1.16. The van der Waals surface area contributed by atoms with Gasteiger partial charge in [0, 0.05) is 18.8 Å². The normalized spacial score (nSPS) is 16.2. The Balaban J connectivity index is 1.91. The van der Waals surface area contributed by atoms with Crippen molar-refractivity contribution in [3.8, 4) is 5.75 Å². The maximum Gasteiger partial charge on any atom is 0.119 e. The molecule has 0 aromatic heterocycles. The molecule has 15 heavy (non-hydrogen) atoms. The van der Waals surface area contributed by atoms with Crippen molar-refractivity contribution in [3.63, 3.8) is 0 Å².